The van der Waals surface area contributed by atoms with Gasteiger partial charge >= 0.3 is 0 Å². The van der Waals surface area contributed by atoms with Crippen molar-refractivity contribution in [1.29, 1.82) is 0 Å². The summed E-state index contributed by atoms with van der Waals surface area (Å²) in [5.41, 5.74) is 8.75. The molecule has 0 spiro atoms. The molecule has 4 rings (SSSR count). The molecular formula is C36H48Cl3N3. The summed E-state index contributed by atoms with van der Waals surface area (Å²) in [6.45, 7) is 6.72. The van der Waals surface area contributed by atoms with Gasteiger partial charge < -0.3 is 53.2 Å². The van der Waals surface area contributed by atoms with Crippen molar-refractivity contribution >= 4 is 0 Å². The lowest BCUT2D eigenvalue weighted by atomic mass is 10.0. The summed E-state index contributed by atoms with van der Waals surface area (Å²) in [5, 5.41) is 7.46. The third-order valence-corrected chi connectivity index (χ3v) is 7.40. The number of quaternary nitrogens is 3. The molecule has 0 aromatic heterocycles. The Balaban J connectivity index is 0.00000294. The van der Waals surface area contributed by atoms with Crippen molar-refractivity contribution in [3.05, 3.63) is 143 Å². The molecule has 0 atom stereocenters. The fourth-order valence-corrected chi connectivity index (χ4v) is 5.28. The van der Waals surface area contributed by atoms with Gasteiger partial charge in [0.25, 0.3) is 0 Å². The molecule has 0 radical (unpaired) electrons. The van der Waals surface area contributed by atoms with E-state index in [9.17, 15) is 0 Å². The minimum Gasteiger partial charge on any atom is -1.00 e. The number of halogens is 3. The van der Waals surface area contributed by atoms with E-state index in [2.05, 4.69) is 125 Å². The topological polar surface area (TPSA) is 49.8 Å². The summed E-state index contributed by atoms with van der Waals surface area (Å²) in [5.74, 6) is 0. The van der Waals surface area contributed by atoms with E-state index < -0.39 is 0 Å². The number of rotatable bonds is 18. The lowest BCUT2D eigenvalue weighted by molar-refractivity contribution is -0.672. The Morgan fingerprint density at radius 1 is 0.333 bits per heavy atom. The van der Waals surface area contributed by atoms with Gasteiger partial charge in [-0.25, -0.2) is 0 Å². The maximum atomic E-state index is 2.49. The summed E-state index contributed by atoms with van der Waals surface area (Å²) in [6.07, 6.45) is 7.17. The highest BCUT2D eigenvalue weighted by molar-refractivity contribution is 5.29. The molecule has 0 aliphatic rings. The van der Waals surface area contributed by atoms with Crippen molar-refractivity contribution in [2.75, 3.05) is 19.6 Å². The van der Waals surface area contributed by atoms with Crippen LogP contribution in [0, 0.1) is 0 Å². The van der Waals surface area contributed by atoms with Crippen molar-refractivity contribution in [3.63, 3.8) is 0 Å². The van der Waals surface area contributed by atoms with E-state index in [0.717, 1.165) is 19.6 Å². The molecular weight excluding hydrogens is 581 g/mol. The number of benzene rings is 4. The standard InChI is InChI=1S/C36H45N3.3ClH/c1-4-13-31(14-5-1)19-10-22-37-28-34-25-35(29-38-23-11-20-32-15-6-2-7-16-32)27-36(26-34)30-39-24-12-21-33-17-8-3-9-18-33;;;/h1-9,13-18,25-27,37-39H,10-12,19-24,28-30H2;3*1H. The Bertz CT molecular complexity index is 1030. The largest absolute Gasteiger partial charge is 1.00 e. The molecule has 0 unspecified atom stereocenters. The van der Waals surface area contributed by atoms with Gasteiger partial charge in [-0.15, -0.1) is 0 Å². The number of hydrogen-bond donors (Lipinski definition) is 3. The van der Waals surface area contributed by atoms with Gasteiger partial charge in [-0.05, 0) is 54.2 Å². The maximum Gasteiger partial charge on any atom is 0.101 e. The minimum absolute atomic E-state index is 0. The molecule has 0 saturated heterocycles. The van der Waals surface area contributed by atoms with E-state index in [-0.39, 0.29) is 37.2 Å². The van der Waals surface area contributed by atoms with Gasteiger partial charge in [0.1, 0.15) is 19.6 Å². The van der Waals surface area contributed by atoms with E-state index >= 15 is 0 Å². The molecule has 228 valence electrons. The highest BCUT2D eigenvalue weighted by Crippen LogP contribution is 2.09. The molecule has 0 saturated carbocycles. The van der Waals surface area contributed by atoms with Gasteiger partial charge in [0.2, 0.25) is 0 Å². The second kappa shape index (κ2) is 23.1. The van der Waals surface area contributed by atoms with Crippen molar-refractivity contribution in [2.24, 2.45) is 0 Å². The Labute approximate surface area is 272 Å². The lowest BCUT2D eigenvalue weighted by Gasteiger charge is -2.10. The van der Waals surface area contributed by atoms with E-state index in [0.29, 0.717) is 0 Å². The predicted molar refractivity (Wildman–Crippen MR) is 162 cm³/mol. The zero-order valence-electron chi connectivity index (χ0n) is 24.7. The Kier molecular flexibility index (Phi) is 20.7. The van der Waals surface area contributed by atoms with Crippen LogP contribution >= 0.6 is 0 Å². The molecule has 0 bridgehead atoms. The highest BCUT2D eigenvalue weighted by atomic mass is 35.5. The summed E-state index contributed by atoms with van der Waals surface area (Å²) in [6, 6.07) is 39.9. The molecule has 4 aromatic rings. The first-order valence-corrected chi connectivity index (χ1v) is 15.0. The van der Waals surface area contributed by atoms with E-state index in [4.69, 9.17) is 0 Å². The molecule has 6 N–H and O–H groups in total. The third-order valence-electron chi connectivity index (χ3n) is 7.40. The van der Waals surface area contributed by atoms with Gasteiger partial charge in [-0.1, -0.05) is 91.0 Å². The van der Waals surface area contributed by atoms with Crippen LogP contribution in [0.15, 0.2) is 109 Å². The van der Waals surface area contributed by atoms with Crippen LogP contribution in [0.4, 0.5) is 0 Å². The van der Waals surface area contributed by atoms with Gasteiger partial charge in [-0.3, -0.25) is 0 Å². The summed E-state index contributed by atoms with van der Waals surface area (Å²) < 4.78 is 0. The normalized spacial score (nSPS) is 10.3. The molecule has 0 aliphatic carbocycles. The van der Waals surface area contributed by atoms with Crippen LogP contribution in [0.5, 0.6) is 0 Å². The average molecular weight is 629 g/mol. The van der Waals surface area contributed by atoms with Crippen LogP contribution in [0.1, 0.15) is 52.6 Å². The van der Waals surface area contributed by atoms with Gasteiger partial charge in [-0.2, -0.15) is 0 Å². The van der Waals surface area contributed by atoms with Crippen molar-refractivity contribution in [1.82, 2.24) is 0 Å². The lowest BCUT2D eigenvalue weighted by Crippen LogP contribution is -3.00. The van der Waals surface area contributed by atoms with Crippen LogP contribution in [0.3, 0.4) is 0 Å². The predicted octanol–water partition coefficient (Wildman–Crippen LogP) is -5.21. The second-order valence-electron chi connectivity index (χ2n) is 10.8. The summed E-state index contributed by atoms with van der Waals surface area (Å²) >= 11 is 0. The van der Waals surface area contributed by atoms with E-state index in [1.807, 2.05) is 0 Å². The monoisotopic (exact) mass is 627 g/mol. The Hall–Kier alpha value is -2.37. The molecule has 0 aliphatic heterocycles. The van der Waals surface area contributed by atoms with E-state index in [1.165, 1.54) is 91.5 Å². The number of aryl methyl sites for hydroxylation is 3. The van der Waals surface area contributed by atoms with Crippen LogP contribution < -0.4 is 53.2 Å². The second-order valence-corrected chi connectivity index (χ2v) is 10.8. The molecule has 3 nitrogen and oxygen atoms in total. The smallest absolute Gasteiger partial charge is 0.101 e. The van der Waals surface area contributed by atoms with Crippen molar-refractivity contribution in [3.8, 4) is 0 Å². The van der Waals surface area contributed by atoms with Crippen LogP contribution in [-0.4, -0.2) is 19.6 Å². The highest BCUT2D eigenvalue weighted by Gasteiger charge is 2.07. The maximum absolute atomic E-state index is 2.49. The Morgan fingerprint density at radius 3 is 0.857 bits per heavy atom. The van der Waals surface area contributed by atoms with Crippen LogP contribution in [0.2, 0.25) is 0 Å². The molecule has 0 amide bonds. The summed E-state index contributed by atoms with van der Waals surface area (Å²) in [4.78, 5) is 0. The average Bonchev–Trinajstić information content (AvgIpc) is 2.98. The zero-order valence-corrected chi connectivity index (χ0v) is 27.0. The van der Waals surface area contributed by atoms with Gasteiger partial charge in [0.05, 0.1) is 19.6 Å². The van der Waals surface area contributed by atoms with E-state index in [1.54, 1.807) is 0 Å². The summed E-state index contributed by atoms with van der Waals surface area (Å²) in [7, 11) is 0. The number of nitrogens with two attached hydrogens (primary N) is 3. The first-order chi connectivity index (χ1) is 19.3. The SMILES string of the molecule is [Cl-].[Cl-].[Cl-].c1ccc(CCC[NH2+]Cc2cc(C[NH2+]CCCc3ccccc3)cc(C[NH2+]CCCc3ccccc3)c2)cc1. The van der Waals surface area contributed by atoms with Crippen molar-refractivity contribution in [2.45, 2.75) is 58.2 Å². The van der Waals surface area contributed by atoms with Crippen LogP contribution in [0.25, 0.3) is 0 Å². The fourth-order valence-electron chi connectivity index (χ4n) is 5.28. The molecule has 6 heteroatoms. The van der Waals surface area contributed by atoms with Gasteiger partial charge in [0.15, 0.2) is 0 Å². The molecule has 42 heavy (non-hydrogen) atoms. The third kappa shape index (κ3) is 15.2. The first kappa shape index (κ1) is 37.7. The molecule has 0 fully saturated rings. The van der Waals surface area contributed by atoms with Crippen molar-refractivity contribution < 1.29 is 53.2 Å². The number of hydrogen-bond acceptors (Lipinski definition) is 0. The Morgan fingerprint density at radius 2 is 0.595 bits per heavy atom. The van der Waals surface area contributed by atoms with Crippen LogP contribution in [-0.2, 0) is 38.9 Å². The zero-order chi connectivity index (χ0) is 26.8. The molecule has 0 heterocycles. The van der Waals surface area contributed by atoms with Gasteiger partial charge in [0, 0.05) is 36.0 Å². The minimum atomic E-state index is 0. The molecule has 4 aromatic carbocycles. The first-order valence-electron chi connectivity index (χ1n) is 15.0. The fraction of sp³-hybridized carbons (Fsp3) is 0.333. The quantitative estimate of drug-likeness (QED) is 0.0924.